The van der Waals surface area contributed by atoms with Crippen molar-refractivity contribution in [3.05, 3.63) is 0 Å². The molecule has 0 bridgehead atoms. The summed E-state index contributed by atoms with van der Waals surface area (Å²) in [7, 11) is 0. The molecule has 0 aromatic carbocycles. The van der Waals surface area contributed by atoms with Gasteiger partial charge in [0.05, 0.1) is 5.92 Å². The topological polar surface area (TPSA) is 108 Å². The fourth-order valence-corrected chi connectivity index (χ4v) is 1.72. The van der Waals surface area contributed by atoms with Crippen LogP contribution >= 0.6 is 0 Å². The van der Waals surface area contributed by atoms with Crippen molar-refractivity contribution in [2.45, 2.75) is 25.8 Å². The zero-order chi connectivity index (χ0) is 12.8. The predicted octanol–water partition coefficient (Wildman–Crippen LogP) is -0.715. The molecule has 96 valence electrons. The van der Waals surface area contributed by atoms with E-state index in [-0.39, 0.29) is 30.3 Å². The molecule has 2 aliphatic rings. The van der Waals surface area contributed by atoms with Crippen molar-refractivity contribution in [2.75, 3.05) is 13.1 Å². The number of rotatable bonds is 1. The second-order valence-corrected chi connectivity index (χ2v) is 3.92. The van der Waals surface area contributed by atoms with Crippen LogP contribution in [0.25, 0.3) is 0 Å². The van der Waals surface area contributed by atoms with Gasteiger partial charge >= 0.3 is 12.0 Å². The van der Waals surface area contributed by atoms with Crippen molar-refractivity contribution in [3.63, 3.8) is 0 Å². The number of carboxylic acid groups (broad SMARTS) is 1. The van der Waals surface area contributed by atoms with Gasteiger partial charge in [-0.1, -0.05) is 6.92 Å². The Hall–Kier alpha value is -1.63. The predicted molar refractivity (Wildman–Crippen MR) is 59.4 cm³/mol. The van der Waals surface area contributed by atoms with Crippen LogP contribution in [0.2, 0.25) is 0 Å². The van der Waals surface area contributed by atoms with Crippen LogP contribution in [0.3, 0.4) is 0 Å². The second kappa shape index (κ2) is 6.19. The van der Waals surface area contributed by atoms with E-state index in [1.54, 1.807) is 6.92 Å². The van der Waals surface area contributed by atoms with Crippen LogP contribution in [-0.4, -0.2) is 42.1 Å². The first-order valence-electron chi connectivity index (χ1n) is 5.58. The summed E-state index contributed by atoms with van der Waals surface area (Å²) in [6.07, 6.45) is 1.06. The van der Waals surface area contributed by atoms with Crippen molar-refractivity contribution in [2.24, 2.45) is 5.92 Å². The summed E-state index contributed by atoms with van der Waals surface area (Å²) in [5.41, 5.74) is 0. The van der Waals surface area contributed by atoms with E-state index in [0.29, 0.717) is 6.54 Å². The maximum absolute atomic E-state index is 11.2. The van der Waals surface area contributed by atoms with Gasteiger partial charge in [-0.15, -0.1) is 0 Å². The van der Waals surface area contributed by atoms with Crippen molar-refractivity contribution in [3.8, 4) is 0 Å². The third-order valence-corrected chi connectivity index (χ3v) is 2.67. The number of aliphatic carboxylic acids is 1. The second-order valence-electron chi connectivity index (χ2n) is 3.92. The zero-order valence-corrected chi connectivity index (χ0v) is 9.66. The normalized spacial score (nSPS) is 26.9. The lowest BCUT2D eigenvalue weighted by Gasteiger charge is -2.35. The van der Waals surface area contributed by atoms with Gasteiger partial charge in [-0.2, -0.15) is 0 Å². The number of hydrogen-bond acceptors (Lipinski definition) is 4. The van der Waals surface area contributed by atoms with Gasteiger partial charge in [0.2, 0.25) is 5.91 Å². The zero-order valence-electron chi connectivity index (χ0n) is 9.66. The number of amides is 3. The van der Waals surface area contributed by atoms with Crippen LogP contribution in [0.1, 0.15) is 19.8 Å². The first kappa shape index (κ1) is 13.4. The molecule has 7 heteroatoms. The Morgan fingerprint density at radius 1 is 1.47 bits per heavy atom. The third kappa shape index (κ3) is 4.03. The molecular weight excluding hydrogens is 226 g/mol. The molecule has 2 saturated heterocycles. The number of carbonyl (C=O) groups excluding carboxylic acids is 2. The molecule has 2 fully saturated rings. The lowest BCUT2D eigenvalue weighted by Crippen LogP contribution is -2.62. The van der Waals surface area contributed by atoms with Crippen LogP contribution in [0, 0.1) is 5.92 Å². The van der Waals surface area contributed by atoms with E-state index in [1.807, 2.05) is 0 Å². The van der Waals surface area contributed by atoms with Crippen molar-refractivity contribution in [1.29, 1.82) is 0 Å². The number of hydrogen-bond donors (Lipinski definition) is 4. The molecule has 0 aromatic rings. The number of fused-ring (bicyclic) bond motifs is 1. The van der Waals surface area contributed by atoms with Gasteiger partial charge in [0.25, 0.3) is 0 Å². The molecule has 4 N–H and O–H groups in total. The highest BCUT2D eigenvalue weighted by molar-refractivity contribution is 5.98. The van der Waals surface area contributed by atoms with E-state index < -0.39 is 5.97 Å². The Morgan fingerprint density at radius 3 is 2.71 bits per heavy atom. The Morgan fingerprint density at radius 2 is 2.12 bits per heavy atom. The van der Waals surface area contributed by atoms with E-state index >= 15 is 0 Å². The standard InChI is InChI=1S/C7H11N3O2.C3H6O2/c11-6-4-3-8-2-1-5(4)9-7(12)10-6;1-2-3(4)5/h4-5,8H,1-3H2,(H2,9,10,11,12);2H2,1H3,(H,4,5). The molecule has 3 amide bonds. The van der Waals surface area contributed by atoms with Crippen LogP contribution in [0.4, 0.5) is 4.79 Å². The molecule has 2 heterocycles. The smallest absolute Gasteiger partial charge is 0.321 e. The molecule has 0 spiro atoms. The fourth-order valence-electron chi connectivity index (χ4n) is 1.72. The van der Waals surface area contributed by atoms with Gasteiger partial charge in [0.1, 0.15) is 0 Å². The summed E-state index contributed by atoms with van der Waals surface area (Å²) in [6, 6.07) is -0.323. The highest BCUT2D eigenvalue weighted by atomic mass is 16.4. The number of carboxylic acids is 1. The summed E-state index contributed by atoms with van der Waals surface area (Å²) < 4.78 is 0. The highest BCUT2D eigenvalue weighted by Gasteiger charge is 2.36. The molecule has 2 atom stereocenters. The van der Waals surface area contributed by atoms with Crippen LogP contribution < -0.4 is 16.0 Å². The number of imide groups is 1. The van der Waals surface area contributed by atoms with Crippen molar-refractivity contribution >= 4 is 17.9 Å². The maximum atomic E-state index is 11.2. The van der Waals surface area contributed by atoms with Gasteiger partial charge < -0.3 is 15.7 Å². The van der Waals surface area contributed by atoms with Crippen LogP contribution in [-0.2, 0) is 9.59 Å². The summed E-state index contributed by atoms with van der Waals surface area (Å²) in [6.45, 7) is 3.13. The van der Waals surface area contributed by atoms with Gasteiger partial charge in [-0.05, 0) is 13.0 Å². The SMILES string of the molecule is CCC(=O)O.O=C1NC(=O)C2CNCCC2N1. The summed E-state index contributed by atoms with van der Waals surface area (Å²) in [4.78, 5) is 31.5. The molecular formula is C10H17N3O4. The highest BCUT2D eigenvalue weighted by Crippen LogP contribution is 2.14. The summed E-state index contributed by atoms with van der Waals surface area (Å²) in [5.74, 6) is -0.989. The van der Waals surface area contributed by atoms with E-state index in [9.17, 15) is 14.4 Å². The van der Waals surface area contributed by atoms with E-state index in [1.165, 1.54) is 0 Å². The minimum absolute atomic E-state index is 0.0347. The number of nitrogens with one attached hydrogen (secondary N) is 3. The first-order chi connectivity index (χ1) is 8.04. The van der Waals surface area contributed by atoms with Crippen LogP contribution in [0.5, 0.6) is 0 Å². The number of piperidine rings is 1. The quantitative estimate of drug-likeness (QED) is 0.486. The fraction of sp³-hybridized carbons (Fsp3) is 0.700. The maximum Gasteiger partial charge on any atom is 0.321 e. The van der Waals surface area contributed by atoms with Crippen molar-refractivity contribution < 1.29 is 19.5 Å². The largest absolute Gasteiger partial charge is 0.481 e. The molecule has 17 heavy (non-hydrogen) atoms. The molecule has 0 aromatic heterocycles. The molecule has 2 unspecified atom stereocenters. The minimum atomic E-state index is -0.745. The summed E-state index contributed by atoms with van der Waals surface area (Å²) in [5, 5.41) is 15.8. The number of urea groups is 1. The minimum Gasteiger partial charge on any atom is -0.481 e. The Kier molecular flexibility index (Phi) is 4.89. The van der Waals surface area contributed by atoms with Crippen LogP contribution in [0.15, 0.2) is 0 Å². The monoisotopic (exact) mass is 243 g/mol. The lowest BCUT2D eigenvalue weighted by atomic mass is 9.91. The Bertz CT molecular complexity index is 319. The van der Waals surface area contributed by atoms with Crippen molar-refractivity contribution in [1.82, 2.24) is 16.0 Å². The molecule has 0 saturated carbocycles. The van der Waals surface area contributed by atoms with E-state index in [4.69, 9.17) is 5.11 Å². The lowest BCUT2D eigenvalue weighted by molar-refractivity contribution is -0.136. The van der Waals surface area contributed by atoms with Gasteiger partial charge in [-0.3, -0.25) is 14.9 Å². The molecule has 2 rings (SSSR count). The Balaban J connectivity index is 0.000000249. The molecule has 2 aliphatic heterocycles. The summed E-state index contributed by atoms with van der Waals surface area (Å²) >= 11 is 0. The average Bonchev–Trinajstić information content (AvgIpc) is 2.29. The molecule has 0 radical (unpaired) electrons. The Labute approximate surface area is 98.9 Å². The van der Waals surface area contributed by atoms with Gasteiger partial charge in [0.15, 0.2) is 0 Å². The van der Waals surface area contributed by atoms with Gasteiger partial charge in [0, 0.05) is 19.0 Å². The number of carbonyl (C=O) groups is 3. The average molecular weight is 243 g/mol. The van der Waals surface area contributed by atoms with Gasteiger partial charge in [-0.25, -0.2) is 4.79 Å². The van der Waals surface area contributed by atoms with E-state index in [2.05, 4.69) is 16.0 Å². The third-order valence-electron chi connectivity index (χ3n) is 2.67. The van der Waals surface area contributed by atoms with E-state index in [0.717, 1.165) is 13.0 Å². The first-order valence-corrected chi connectivity index (χ1v) is 5.58. The molecule has 7 nitrogen and oxygen atoms in total. The molecule has 0 aliphatic carbocycles.